The first-order chi connectivity index (χ1) is 11.2. The maximum Gasteiger partial charge on any atom is 0.229 e. The van der Waals surface area contributed by atoms with E-state index in [0.29, 0.717) is 0 Å². The Bertz CT molecular complexity index is 701. The van der Waals surface area contributed by atoms with Crippen LogP contribution in [-0.2, 0) is 18.4 Å². The summed E-state index contributed by atoms with van der Waals surface area (Å²) in [6, 6.07) is 10.5. The predicted molar refractivity (Wildman–Crippen MR) is 87.5 cm³/mol. The van der Waals surface area contributed by atoms with Crippen molar-refractivity contribution < 1.29 is 4.79 Å². The highest BCUT2D eigenvalue weighted by atomic mass is 16.2. The van der Waals surface area contributed by atoms with Crippen LogP contribution in [0.5, 0.6) is 0 Å². The Kier molecular flexibility index (Phi) is 3.45. The van der Waals surface area contributed by atoms with Crippen molar-refractivity contribution in [3.05, 3.63) is 53.9 Å². The van der Waals surface area contributed by atoms with Crippen molar-refractivity contribution in [2.75, 3.05) is 13.1 Å². The highest BCUT2D eigenvalue weighted by Crippen LogP contribution is 2.49. The lowest BCUT2D eigenvalue weighted by Gasteiger charge is -2.52. The normalized spacial score (nSPS) is 23.5. The number of nitrogens with one attached hydrogen (secondary N) is 1. The average molecular weight is 310 g/mol. The van der Waals surface area contributed by atoms with Gasteiger partial charge < -0.3 is 5.32 Å². The van der Waals surface area contributed by atoms with E-state index in [0.717, 1.165) is 32.5 Å². The van der Waals surface area contributed by atoms with E-state index in [2.05, 4.69) is 33.6 Å². The third-order valence-electron chi connectivity index (χ3n) is 5.33. The summed E-state index contributed by atoms with van der Waals surface area (Å²) in [5.74, 6) is 0.229. The van der Waals surface area contributed by atoms with E-state index in [-0.39, 0.29) is 17.4 Å². The first-order valence-electron chi connectivity index (χ1n) is 8.23. The molecule has 1 atom stereocenters. The van der Waals surface area contributed by atoms with E-state index in [1.165, 1.54) is 11.1 Å². The molecular formula is C18H22N4O. The van der Waals surface area contributed by atoms with Crippen LogP contribution in [0.3, 0.4) is 0 Å². The number of benzene rings is 1. The van der Waals surface area contributed by atoms with Gasteiger partial charge in [-0.2, -0.15) is 5.10 Å². The maximum atomic E-state index is 12.3. The Morgan fingerprint density at radius 2 is 2.00 bits per heavy atom. The van der Waals surface area contributed by atoms with E-state index in [1.54, 1.807) is 0 Å². The lowest BCUT2D eigenvalue weighted by atomic mass is 9.64. The first kappa shape index (κ1) is 14.5. The summed E-state index contributed by atoms with van der Waals surface area (Å²) in [6.45, 7) is 2.85. The van der Waals surface area contributed by atoms with Crippen LogP contribution in [-0.4, -0.2) is 33.7 Å². The van der Waals surface area contributed by atoms with Gasteiger partial charge in [-0.1, -0.05) is 30.3 Å². The molecule has 5 heteroatoms. The summed E-state index contributed by atoms with van der Waals surface area (Å²) in [5.41, 5.74) is 2.27. The topological polar surface area (TPSA) is 50.2 Å². The molecule has 4 rings (SSSR count). The van der Waals surface area contributed by atoms with Crippen LogP contribution in [0.2, 0.25) is 0 Å². The molecule has 0 aliphatic carbocycles. The molecule has 5 nitrogen and oxygen atoms in total. The third kappa shape index (κ3) is 2.45. The number of aromatic nitrogens is 2. The van der Waals surface area contributed by atoms with Gasteiger partial charge in [-0.15, -0.1) is 0 Å². The minimum atomic E-state index is -0.202. The van der Waals surface area contributed by atoms with Crippen LogP contribution in [0.15, 0.2) is 42.7 Å². The van der Waals surface area contributed by atoms with Crippen LogP contribution in [0.1, 0.15) is 30.0 Å². The molecule has 1 aromatic heterocycles. The maximum absolute atomic E-state index is 12.3. The number of nitrogens with zero attached hydrogens (tertiary/aromatic N) is 3. The third-order valence-corrected chi connectivity index (χ3v) is 5.33. The Morgan fingerprint density at radius 1 is 1.26 bits per heavy atom. The number of rotatable bonds is 3. The van der Waals surface area contributed by atoms with Crippen LogP contribution >= 0.6 is 0 Å². The molecule has 0 bridgehead atoms. The Labute approximate surface area is 136 Å². The number of likely N-dealkylation sites (tertiary alicyclic amines) is 1. The number of hydrogen-bond acceptors (Lipinski definition) is 3. The van der Waals surface area contributed by atoms with Crippen LogP contribution < -0.4 is 5.32 Å². The fourth-order valence-corrected chi connectivity index (χ4v) is 3.95. The number of piperidine rings is 1. The molecule has 3 heterocycles. The second-order valence-electron chi connectivity index (χ2n) is 6.77. The second-order valence-corrected chi connectivity index (χ2v) is 6.77. The molecule has 2 aliphatic heterocycles. The van der Waals surface area contributed by atoms with Crippen molar-refractivity contribution in [3.63, 3.8) is 0 Å². The van der Waals surface area contributed by atoms with Crippen molar-refractivity contribution in [2.24, 2.45) is 12.5 Å². The zero-order valence-electron chi connectivity index (χ0n) is 13.4. The summed E-state index contributed by atoms with van der Waals surface area (Å²) in [6.07, 6.45) is 5.84. The monoisotopic (exact) mass is 310 g/mol. The number of amides is 1. The molecule has 23 heavy (non-hydrogen) atoms. The zero-order chi connectivity index (χ0) is 15.9. The average Bonchev–Trinajstić information content (AvgIpc) is 2.99. The summed E-state index contributed by atoms with van der Waals surface area (Å²) >= 11 is 0. The molecular weight excluding hydrogens is 288 g/mol. The van der Waals surface area contributed by atoms with Crippen LogP contribution in [0, 0.1) is 5.41 Å². The summed E-state index contributed by atoms with van der Waals surface area (Å²) < 4.78 is 1.84. The van der Waals surface area contributed by atoms with Gasteiger partial charge in [0.15, 0.2) is 0 Å². The van der Waals surface area contributed by atoms with Gasteiger partial charge in [0.1, 0.15) is 0 Å². The highest BCUT2D eigenvalue weighted by Gasteiger charge is 2.56. The predicted octanol–water partition coefficient (Wildman–Crippen LogP) is 1.87. The van der Waals surface area contributed by atoms with E-state index in [9.17, 15) is 4.79 Å². The van der Waals surface area contributed by atoms with Gasteiger partial charge in [0.2, 0.25) is 5.91 Å². The molecule has 2 saturated heterocycles. The lowest BCUT2D eigenvalue weighted by Crippen LogP contribution is -2.64. The smallest absolute Gasteiger partial charge is 0.229 e. The number of carbonyl (C=O) groups excluding carboxylic acids is 1. The van der Waals surface area contributed by atoms with Crippen molar-refractivity contribution in [3.8, 4) is 0 Å². The number of aryl methyl sites for hydroxylation is 1. The molecule has 1 spiro atoms. The van der Waals surface area contributed by atoms with Gasteiger partial charge in [0.25, 0.3) is 0 Å². The van der Waals surface area contributed by atoms with Crippen molar-refractivity contribution in [1.82, 2.24) is 20.0 Å². The van der Waals surface area contributed by atoms with Crippen molar-refractivity contribution >= 4 is 5.91 Å². The first-order valence-corrected chi connectivity index (χ1v) is 8.23. The molecule has 2 aromatic rings. The van der Waals surface area contributed by atoms with Crippen molar-refractivity contribution in [2.45, 2.75) is 25.4 Å². The molecule has 0 radical (unpaired) electrons. The molecule has 2 fully saturated rings. The fourth-order valence-electron chi connectivity index (χ4n) is 3.95. The van der Waals surface area contributed by atoms with Crippen LogP contribution in [0.4, 0.5) is 0 Å². The summed E-state index contributed by atoms with van der Waals surface area (Å²) in [7, 11) is 1.94. The molecule has 2 aliphatic rings. The summed E-state index contributed by atoms with van der Waals surface area (Å²) in [4.78, 5) is 14.7. The Hall–Kier alpha value is -2.14. The standard InChI is InChI=1S/C18H22N4O/c1-21-12-14(11-19-21)13-22-9-7-18(8-10-22)16(20-17(18)23)15-5-3-2-4-6-15/h2-6,11-12,16H,7-10,13H2,1H3,(H,20,23)/t16-/m0/s1. The number of carbonyl (C=O) groups is 1. The lowest BCUT2D eigenvalue weighted by molar-refractivity contribution is -0.151. The zero-order valence-corrected chi connectivity index (χ0v) is 13.4. The minimum Gasteiger partial charge on any atom is -0.348 e. The van der Waals surface area contributed by atoms with E-state index in [1.807, 2.05) is 36.1 Å². The van der Waals surface area contributed by atoms with E-state index >= 15 is 0 Å². The minimum absolute atomic E-state index is 0.178. The number of β-lactam (4-membered cyclic amide) rings is 1. The Morgan fingerprint density at radius 3 is 2.61 bits per heavy atom. The van der Waals surface area contributed by atoms with Gasteiger partial charge in [0.05, 0.1) is 17.7 Å². The quantitative estimate of drug-likeness (QED) is 0.881. The summed E-state index contributed by atoms with van der Waals surface area (Å²) in [5, 5.41) is 7.34. The highest BCUT2D eigenvalue weighted by molar-refractivity contribution is 5.90. The SMILES string of the molecule is Cn1cc(CN2CCC3(CC2)C(=O)N[C@H]3c2ccccc2)cn1. The van der Waals surface area contributed by atoms with Gasteiger partial charge in [0, 0.05) is 25.4 Å². The van der Waals surface area contributed by atoms with E-state index < -0.39 is 0 Å². The number of hydrogen-bond donors (Lipinski definition) is 1. The molecule has 1 aromatic carbocycles. The molecule has 1 amide bonds. The Balaban J connectivity index is 1.44. The molecule has 0 unspecified atom stereocenters. The van der Waals surface area contributed by atoms with Crippen molar-refractivity contribution in [1.29, 1.82) is 0 Å². The van der Waals surface area contributed by atoms with E-state index in [4.69, 9.17) is 0 Å². The van der Waals surface area contributed by atoms with Gasteiger partial charge in [-0.05, 0) is 31.5 Å². The fraction of sp³-hybridized carbons (Fsp3) is 0.444. The second kappa shape index (κ2) is 5.49. The largest absolute Gasteiger partial charge is 0.348 e. The molecule has 0 saturated carbocycles. The van der Waals surface area contributed by atoms with Gasteiger partial charge >= 0.3 is 0 Å². The molecule has 1 N–H and O–H groups in total. The molecule has 120 valence electrons. The van der Waals surface area contributed by atoms with Gasteiger partial charge in [-0.25, -0.2) is 0 Å². The van der Waals surface area contributed by atoms with Gasteiger partial charge in [-0.3, -0.25) is 14.4 Å². The van der Waals surface area contributed by atoms with Crippen LogP contribution in [0.25, 0.3) is 0 Å².